The molecule has 1 amide bonds. The minimum atomic E-state index is -0.298. The number of anilines is 1. The van der Waals surface area contributed by atoms with Gasteiger partial charge in [0.05, 0.1) is 11.3 Å². The Hall–Kier alpha value is -1.44. The van der Waals surface area contributed by atoms with Gasteiger partial charge in [-0.3, -0.25) is 4.79 Å². The predicted octanol–water partition coefficient (Wildman–Crippen LogP) is 2.53. The smallest absolute Gasteiger partial charge is 0.240 e. The fourth-order valence-corrected chi connectivity index (χ4v) is 3.41. The van der Waals surface area contributed by atoms with Crippen LogP contribution in [0.1, 0.15) is 30.9 Å². The molecule has 1 aliphatic rings. The first kappa shape index (κ1) is 15.0. The summed E-state index contributed by atoms with van der Waals surface area (Å²) in [4.78, 5) is 12.4. The van der Waals surface area contributed by atoms with Crippen molar-refractivity contribution in [1.29, 1.82) is 0 Å². The molecule has 1 aromatic rings. The first-order valence-electron chi connectivity index (χ1n) is 6.80. The quantitative estimate of drug-likeness (QED) is 0.822. The number of amides is 1. The minimum absolute atomic E-state index is 0.0848. The molecule has 3 N–H and O–H groups in total. The fourth-order valence-electron chi connectivity index (χ4n) is 2.20. The minimum Gasteiger partial charge on any atom is -0.325 e. The molecule has 1 fully saturated rings. The van der Waals surface area contributed by atoms with Gasteiger partial charge in [-0.2, -0.15) is 0 Å². The molecule has 1 atom stereocenters. The molecule has 0 aliphatic carbocycles. The van der Waals surface area contributed by atoms with Gasteiger partial charge in [0.15, 0.2) is 0 Å². The number of thioether (sulfide) groups is 1. The van der Waals surface area contributed by atoms with E-state index < -0.39 is 0 Å². The monoisotopic (exact) mass is 288 g/mol. The molecule has 2 rings (SSSR count). The van der Waals surface area contributed by atoms with Crippen molar-refractivity contribution in [3.05, 3.63) is 29.3 Å². The third kappa shape index (κ3) is 3.36. The number of carbonyl (C=O) groups is 1. The summed E-state index contributed by atoms with van der Waals surface area (Å²) < 4.78 is -0.298. The van der Waals surface area contributed by atoms with E-state index in [1.165, 1.54) is 0 Å². The van der Waals surface area contributed by atoms with E-state index in [4.69, 9.17) is 5.73 Å². The van der Waals surface area contributed by atoms with E-state index in [2.05, 4.69) is 17.2 Å². The number of hydrogen-bond acceptors (Lipinski definition) is 3. The van der Waals surface area contributed by atoms with E-state index in [0.29, 0.717) is 6.54 Å². The Balaban J connectivity index is 2.15. The zero-order valence-corrected chi connectivity index (χ0v) is 12.8. The maximum Gasteiger partial charge on any atom is 0.240 e. The number of aryl methyl sites for hydroxylation is 1. The molecule has 4 heteroatoms. The SMILES string of the molecule is Cc1ccc(NC(=O)C2(C)CCCS2)cc1C#CCN. The van der Waals surface area contributed by atoms with Crippen molar-refractivity contribution in [2.45, 2.75) is 31.4 Å². The molecule has 20 heavy (non-hydrogen) atoms. The molecular weight excluding hydrogens is 268 g/mol. The van der Waals surface area contributed by atoms with Gasteiger partial charge in [0.2, 0.25) is 5.91 Å². The van der Waals surface area contributed by atoms with Gasteiger partial charge < -0.3 is 11.1 Å². The van der Waals surface area contributed by atoms with Gasteiger partial charge in [0.25, 0.3) is 0 Å². The Kier molecular flexibility index (Phi) is 4.74. The van der Waals surface area contributed by atoms with Crippen molar-refractivity contribution in [2.24, 2.45) is 5.73 Å². The Bertz CT molecular complexity index is 566. The lowest BCUT2D eigenvalue weighted by Crippen LogP contribution is -2.34. The largest absolute Gasteiger partial charge is 0.325 e. The van der Waals surface area contributed by atoms with E-state index >= 15 is 0 Å². The summed E-state index contributed by atoms with van der Waals surface area (Å²) in [6.07, 6.45) is 2.05. The van der Waals surface area contributed by atoms with Crippen molar-refractivity contribution >= 4 is 23.4 Å². The van der Waals surface area contributed by atoms with Crippen LogP contribution < -0.4 is 11.1 Å². The van der Waals surface area contributed by atoms with Crippen LogP contribution in [0.3, 0.4) is 0 Å². The second kappa shape index (κ2) is 6.34. The maximum absolute atomic E-state index is 12.4. The van der Waals surface area contributed by atoms with Crippen LogP contribution in [0.25, 0.3) is 0 Å². The second-order valence-corrected chi connectivity index (χ2v) is 6.77. The number of nitrogens with two attached hydrogens (primary N) is 1. The van der Waals surface area contributed by atoms with Crippen LogP contribution in [0.2, 0.25) is 0 Å². The summed E-state index contributed by atoms with van der Waals surface area (Å²) in [7, 11) is 0. The van der Waals surface area contributed by atoms with E-state index in [0.717, 1.165) is 35.4 Å². The summed E-state index contributed by atoms with van der Waals surface area (Å²) in [5.74, 6) is 7.03. The van der Waals surface area contributed by atoms with Crippen molar-refractivity contribution in [3.63, 3.8) is 0 Å². The van der Waals surface area contributed by atoms with Crippen LogP contribution in [0, 0.1) is 18.8 Å². The van der Waals surface area contributed by atoms with E-state index in [9.17, 15) is 4.79 Å². The molecule has 1 saturated heterocycles. The third-order valence-electron chi connectivity index (χ3n) is 3.52. The molecule has 0 spiro atoms. The van der Waals surface area contributed by atoms with Gasteiger partial charge in [0.1, 0.15) is 0 Å². The van der Waals surface area contributed by atoms with E-state index in [-0.39, 0.29) is 10.7 Å². The lowest BCUT2D eigenvalue weighted by Gasteiger charge is -2.21. The average molecular weight is 288 g/mol. The van der Waals surface area contributed by atoms with Gasteiger partial charge >= 0.3 is 0 Å². The molecule has 106 valence electrons. The Morgan fingerprint density at radius 1 is 1.55 bits per heavy atom. The van der Waals surface area contributed by atoms with Gasteiger partial charge in [-0.15, -0.1) is 11.8 Å². The topological polar surface area (TPSA) is 55.1 Å². The Morgan fingerprint density at radius 2 is 2.35 bits per heavy atom. The fraction of sp³-hybridized carbons (Fsp3) is 0.438. The van der Waals surface area contributed by atoms with Crippen LogP contribution in [0.5, 0.6) is 0 Å². The van der Waals surface area contributed by atoms with Gasteiger partial charge in [-0.1, -0.05) is 17.9 Å². The van der Waals surface area contributed by atoms with Crippen molar-refractivity contribution in [2.75, 3.05) is 17.6 Å². The first-order valence-corrected chi connectivity index (χ1v) is 7.79. The highest BCUT2D eigenvalue weighted by atomic mass is 32.2. The summed E-state index contributed by atoms with van der Waals surface area (Å²) in [5, 5.41) is 3.01. The molecule has 1 aromatic carbocycles. The van der Waals surface area contributed by atoms with Gasteiger partial charge in [-0.25, -0.2) is 0 Å². The highest BCUT2D eigenvalue weighted by molar-refractivity contribution is 8.01. The molecular formula is C16H20N2OS. The molecule has 1 aliphatic heterocycles. The molecule has 1 unspecified atom stereocenters. The molecule has 0 aromatic heterocycles. The predicted molar refractivity (Wildman–Crippen MR) is 85.8 cm³/mol. The number of benzene rings is 1. The number of hydrogen-bond donors (Lipinski definition) is 2. The highest BCUT2D eigenvalue weighted by Crippen LogP contribution is 2.38. The van der Waals surface area contributed by atoms with Crippen molar-refractivity contribution in [3.8, 4) is 11.8 Å². The van der Waals surface area contributed by atoms with Crippen LogP contribution in [0.15, 0.2) is 18.2 Å². The first-order chi connectivity index (χ1) is 9.55. The molecule has 0 bridgehead atoms. The molecule has 3 nitrogen and oxygen atoms in total. The molecule has 0 radical (unpaired) electrons. The van der Waals surface area contributed by atoms with Crippen LogP contribution in [-0.4, -0.2) is 23.0 Å². The maximum atomic E-state index is 12.4. The third-order valence-corrected chi connectivity index (χ3v) is 5.04. The molecule has 0 saturated carbocycles. The zero-order chi connectivity index (χ0) is 14.6. The number of nitrogens with one attached hydrogen (secondary N) is 1. The summed E-state index contributed by atoms with van der Waals surface area (Å²) >= 11 is 1.74. The second-order valence-electron chi connectivity index (χ2n) is 5.17. The van der Waals surface area contributed by atoms with Crippen LogP contribution in [0.4, 0.5) is 5.69 Å². The lowest BCUT2D eigenvalue weighted by molar-refractivity contribution is -0.118. The van der Waals surface area contributed by atoms with Crippen molar-refractivity contribution < 1.29 is 4.79 Å². The van der Waals surface area contributed by atoms with Crippen LogP contribution in [-0.2, 0) is 4.79 Å². The highest BCUT2D eigenvalue weighted by Gasteiger charge is 2.37. The van der Waals surface area contributed by atoms with E-state index in [1.54, 1.807) is 11.8 Å². The van der Waals surface area contributed by atoms with Crippen LogP contribution >= 0.6 is 11.8 Å². The number of carbonyl (C=O) groups excluding carboxylic acids is 1. The average Bonchev–Trinajstić information content (AvgIpc) is 2.87. The summed E-state index contributed by atoms with van der Waals surface area (Å²) in [5.41, 5.74) is 8.20. The standard InChI is InChI=1S/C16H20N2OS/c1-12-6-7-14(11-13(12)5-3-9-17)18-15(19)16(2)8-4-10-20-16/h6-7,11H,4,8-10,17H2,1-2H3,(H,18,19). The van der Waals surface area contributed by atoms with Gasteiger partial charge in [0, 0.05) is 11.3 Å². The zero-order valence-electron chi connectivity index (χ0n) is 12.0. The van der Waals surface area contributed by atoms with Gasteiger partial charge in [-0.05, 0) is 50.1 Å². The lowest BCUT2D eigenvalue weighted by atomic mass is 10.0. The normalized spacial score (nSPS) is 21.1. The Labute approximate surface area is 124 Å². The van der Waals surface area contributed by atoms with Crippen molar-refractivity contribution in [1.82, 2.24) is 0 Å². The van der Waals surface area contributed by atoms with E-state index in [1.807, 2.05) is 32.0 Å². The summed E-state index contributed by atoms with van der Waals surface area (Å²) in [6.45, 7) is 4.36. The Morgan fingerprint density at radius 3 is 3.00 bits per heavy atom. The summed E-state index contributed by atoms with van der Waals surface area (Å²) in [6, 6.07) is 5.81. The number of rotatable bonds is 2. The molecule has 1 heterocycles.